The van der Waals surface area contributed by atoms with E-state index in [0.29, 0.717) is 17.1 Å². The average Bonchev–Trinajstić information content (AvgIpc) is 2.53. The normalized spacial score (nSPS) is 10.9. The van der Waals surface area contributed by atoms with E-state index < -0.39 is 0 Å². The molecular formula is C19H22ClFN2O. The van der Waals surface area contributed by atoms with Crippen LogP contribution in [0.2, 0.25) is 5.02 Å². The molecule has 0 aliphatic carbocycles. The molecule has 24 heavy (non-hydrogen) atoms. The monoisotopic (exact) mass is 348 g/mol. The molecule has 0 atom stereocenters. The summed E-state index contributed by atoms with van der Waals surface area (Å²) in [5.74, 6) is -0.437. The fraction of sp³-hybridized carbons (Fsp3) is 0.316. The van der Waals surface area contributed by atoms with Gasteiger partial charge in [-0.25, -0.2) is 4.39 Å². The minimum atomic E-state index is -0.352. The maximum absolute atomic E-state index is 13.8. The predicted molar refractivity (Wildman–Crippen MR) is 95.6 cm³/mol. The van der Waals surface area contributed by atoms with Gasteiger partial charge in [0.25, 0.3) is 0 Å². The van der Waals surface area contributed by atoms with Crippen LogP contribution in [0.25, 0.3) is 0 Å². The number of hydrogen-bond donors (Lipinski definition) is 1. The van der Waals surface area contributed by atoms with E-state index in [1.165, 1.54) is 17.2 Å². The number of likely N-dealkylation sites (N-methyl/N-ethyl adjacent to an activating group) is 1. The van der Waals surface area contributed by atoms with Gasteiger partial charge in [-0.3, -0.25) is 9.69 Å². The second kappa shape index (κ2) is 8.81. The Kier molecular flexibility index (Phi) is 6.76. The number of halogens is 2. The number of benzene rings is 2. The number of hydrogen-bond acceptors (Lipinski definition) is 2. The number of aryl methyl sites for hydroxylation is 1. The zero-order valence-corrected chi connectivity index (χ0v) is 14.7. The van der Waals surface area contributed by atoms with Crippen LogP contribution in [-0.2, 0) is 17.8 Å². The highest BCUT2D eigenvalue weighted by molar-refractivity contribution is 6.31. The zero-order valence-electron chi connectivity index (χ0n) is 14.0. The van der Waals surface area contributed by atoms with E-state index >= 15 is 0 Å². The van der Waals surface area contributed by atoms with Crippen molar-refractivity contribution in [1.82, 2.24) is 10.2 Å². The highest BCUT2D eigenvalue weighted by Gasteiger charge is 2.12. The van der Waals surface area contributed by atoms with Gasteiger partial charge in [-0.15, -0.1) is 0 Å². The second-order valence-electron chi connectivity index (χ2n) is 5.90. The molecule has 1 amide bonds. The molecule has 0 aromatic heterocycles. The summed E-state index contributed by atoms with van der Waals surface area (Å²) in [5, 5.41) is 3.27. The van der Waals surface area contributed by atoms with Gasteiger partial charge in [0, 0.05) is 23.7 Å². The Morgan fingerprint density at radius 3 is 2.67 bits per heavy atom. The van der Waals surface area contributed by atoms with Crippen molar-refractivity contribution >= 4 is 17.5 Å². The lowest BCUT2D eigenvalue weighted by Crippen LogP contribution is -2.36. The van der Waals surface area contributed by atoms with E-state index in [-0.39, 0.29) is 24.8 Å². The van der Waals surface area contributed by atoms with Gasteiger partial charge in [0.2, 0.25) is 5.91 Å². The third-order valence-electron chi connectivity index (χ3n) is 3.88. The fourth-order valence-corrected chi connectivity index (χ4v) is 2.76. The summed E-state index contributed by atoms with van der Waals surface area (Å²) in [4.78, 5) is 13.8. The Balaban J connectivity index is 1.79. The van der Waals surface area contributed by atoms with Crippen LogP contribution < -0.4 is 5.32 Å². The van der Waals surface area contributed by atoms with E-state index in [9.17, 15) is 9.18 Å². The highest BCUT2D eigenvalue weighted by Crippen LogP contribution is 2.20. The van der Waals surface area contributed by atoms with Gasteiger partial charge >= 0.3 is 0 Å². The molecule has 0 heterocycles. The Hall–Kier alpha value is -1.91. The summed E-state index contributed by atoms with van der Waals surface area (Å²) in [7, 11) is 1.77. The number of nitrogens with zero attached hydrogens (tertiary/aromatic N) is 1. The van der Waals surface area contributed by atoms with Crippen LogP contribution in [0, 0.1) is 12.7 Å². The van der Waals surface area contributed by atoms with Gasteiger partial charge in [-0.05, 0) is 43.7 Å². The molecule has 0 aliphatic rings. The van der Waals surface area contributed by atoms with Gasteiger partial charge in [0.15, 0.2) is 0 Å². The van der Waals surface area contributed by atoms with E-state index in [1.807, 2.05) is 12.1 Å². The van der Waals surface area contributed by atoms with Crippen LogP contribution >= 0.6 is 11.6 Å². The lowest BCUT2D eigenvalue weighted by Gasteiger charge is -2.17. The molecule has 0 spiro atoms. The van der Waals surface area contributed by atoms with Crippen molar-refractivity contribution in [3.8, 4) is 0 Å². The smallest absolute Gasteiger partial charge is 0.234 e. The molecule has 128 valence electrons. The second-order valence-corrected chi connectivity index (χ2v) is 6.31. The van der Waals surface area contributed by atoms with E-state index in [2.05, 4.69) is 24.4 Å². The average molecular weight is 349 g/mol. The highest BCUT2D eigenvalue weighted by atomic mass is 35.5. The van der Waals surface area contributed by atoms with Crippen molar-refractivity contribution in [3.05, 3.63) is 70.0 Å². The number of amides is 1. The summed E-state index contributed by atoms with van der Waals surface area (Å²) in [6, 6.07) is 12.7. The number of rotatable bonds is 7. The zero-order chi connectivity index (χ0) is 17.5. The van der Waals surface area contributed by atoms with Gasteiger partial charge in [-0.2, -0.15) is 0 Å². The molecule has 0 radical (unpaired) electrons. The van der Waals surface area contributed by atoms with Crippen LogP contribution in [0.4, 0.5) is 4.39 Å². The summed E-state index contributed by atoms with van der Waals surface area (Å²) in [6.07, 6.45) is 0.793. The Bertz CT molecular complexity index is 685. The largest absolute Gasteiger partial charge is 0.355 e. The van der Waals surface area contributed by atoms with Crippen LogP contribution in [-0.4, -0.2) is 30.9 Å². The Labute approximate surface area is 147 Å². The van der Waals surface area contributed by atoms with E-state index in [0.717, 1.165) is 6.42 Å². The lowest BCUT2D eigenvalue weighted by atomic mass is 10.1. The van der Waals surface area contributed by atoms with Gasteiger partial charge < -0.3 is 5.32 Å². The van der Waals surface area contributed by atoms with Gasteiger partial charge in [0.1, 0.15) is 5.82 Å². The molecule has 0 fully saturated rings. The van der Waals surface area contributed by atoms with E-state index in [1.54, 1.807) is 24.1 Å². The van der Waals surface area contributed by atoms with Crippen molar-refractivity contribution < 1.29 is 9.18 Å². The molecule has 5 heteroatoms. The SMILES string of the molecule is Cc1ccccc1CCNC(=O)CN(C)Cc1c(F)cccc1Cl. The lowest BCUT2D eigenvalue weighted by molar-refractivity contribution is -0.122. The van der Waals surface area contributed by atoms with Gasteiger partial charge in [0.05, 0.1) is 6.54 Å². The Morgan fingerprint density at radius 1 is 1.21 bits per heavy atom. The minimum absolute atomic E-state index is 0.0847. The van der Waals surface area contributed by atoms with Crippen LogP contribution in [0.3, 0.4) is 0 Å². The third-order valence-corrected chi connectivity index (χ3v) is 4.24. The van der Waals surface area contributed by atoms with Crippen molar-refractivity contribution in [2.24, 2.45) is 0 Å². The van der Waals surface area contributed by atoms with Crippen LogP contribution in [0.15, 0.2) is 42.5 Å². The molecule has 0 aliphatic heterocycles. The predicted octanol–water partition coefficient (Wildman–Crippen LogP) is 3.58. The first-order valence-electron chi connectivity index (χ1n) is 7.90. The third kappa shape index (κ3) is 5.32. The summed E-state index contributed by atoms with van der Waals surface area (Å²) < 4.78 is 13.8. The minimum Gasteiger partial charge on any atom is -0.355 e. The molecule has 0 saturated carbocycles. The topological polar surface area (TPSA) is 32.3 Å². The number of carbonyl (C=O) groups is 1. The molecule has 2 rings (SSSR count). The molecule has 1 N–H and O–H groups in total. The first-order chi connectivity index (χ1) is 11.5. The van der Waals surface area contributed by atoms with Crippen LogP contribution in [0.1, 0.15) is 16.7 Å². The molecular weight excluding hydrogens is 327 g/mol. The first-order valence-corrected chi connectivity index (χ1v) is 8.28. The molecule has 3 nitrogen and oxygen atoms in total. The van der Waals surface area contributed by atoms with Gasteiger partial charge in [-0.1, -0.05) is 41.9 Å². The summed E-state index contributed by atoms with van der Waals surface area (Å²) >= 11 is 6.01. The standard InChI is InChI=1S/C19H22ClFN2O/c1-14-6-3-4-7-15(14)10-11-22-19(24)13-23(2)12-16-17(20)8-5-9-18(16)21/h3-9H,10-13H2,1-2H3,(H,22,24). The quantitative estimate of drug-likeness (QED) is 0.829. The van der Waals surface area contributed by atoms with Crippen molar-refractivity contribution in [2.75, 3.05) is 20.1 Å². The first kappa shape index (κ1) is 18.4. The van der Waals surface area contributed by atoms with Crippen molar-refractivity contribution in [2.45, 2.75) is 19.9 Å². The maximum Gasteiger partial charge on any atom is 0.234 e. The fourth-order valence-electron chi connectivity index (χ4n) is 2.54. The molecule has 0 bridgehead atoms. The molecule has 2 aromatic carbocycles. The van der Waals surface area contributed by atoms with Crippen molar-refractivity contribution in [3.63, 3.8) is 0 Å². The maximum atomic E-state index is 13.8. The molecule has 0 unspecified atom stereocenters. The Morgan fingerprint density at radius 2 is 1.96 bits per heavy atom. The number of carbonyl (C=O) groups excluding carboxylic acids is 1. The van der Waals surface area contributed by atoms with E-state index in [4.69, 9.17) is 11.6 Å². The van der Waals surface area contributed by atoms with Crippen molar-refractivity contribution in [1.29, 1.82) is 0 Å². The summed E-state index contributed by atoms with van der Waals surface area (Å²) in [6.45, 7) is 3.12. The number of nitrogens with one attached hydrogen (secondary N) is 1. The van der Waals surface area contributed by atoms with Crippen LogP contribution in [0.5, 0.6) is 0 Å². The summed E-state index contributed by atoms with van der Waals surface area (Å²) in [5.41, 5.74) is 2.86. The molecule has 0 saturated heterocycles. The molecule has 2 aromatic rings.